The predicted molar refractivity (Wildman–Crippen MR) is 57.7 cm³/mol. The molecule has 1 aromatic rings. The maximum absolute atomic E-state index is 11.7. The molecule has 0 radical (unpaired) electrons. The molecule has 1 heterocycles. The van der Waals surface area contributed by atoms with Crippen molar-refractivity contribution in [2.24, 2.45) is 0 Å². The molecule has 0 aromatic carbocycles. The summed E-state index contributed by atoms with van der Waals surface area (Å²) in [4.78, 5) is 49.4. The third kappa shape index (κ3) is 1.76. The molecule has 0 spiro atoms. The smallest absolute Gasteiger partial charge is 0.274 e. The van der Waals surface area contributed by atoms with Crippen LogP contribution in [0.25, 0.3) is 0 Å². The van der Waals surface area contributed by atoms with Crippen LogP contribution in [0.3, 0.4) is 0 Å². The van der Waals surface area contributed by atoms with Gasteiger partial charge in [-0.15, -0.1) is 0 Å². The molecule has 6 nitrogen and oxygen atoms in total. The summed E-state index contributed by atoms with van der Waals surface area (Å²) in [6.45, 7) is 1.66. The standard InChI is InChI=1S/C12H9NO5/c1-5-4-6(2-3-13-5)7-8(14)10(16)12(18)11(17)9(7)15/h2-4,7-8,14H,1H3. The number of aliphatic hydroxyl groups excluding tert-OH is 1. The summed E-state index contributed by atoms with van der Waals surface area (Å²) in [5, 5.41) is 9.68. The number of aliphatic hydroxyl groups is 1. The lowest BCUT2D eigenvalue weighted by Gasteiger charge is -2.23. The van der Waals surface area contributed by atoms with Crippen molar-refractivity contribution < 1.29 is 24.3 Å². The molecule has 1 aliphatic rings. The zero-order chi connectivity index (χ0) is 13.4. The van der Waals surface area contributed by atoms with Crippen LogP contribution in [0.15, 0.2) is 18.3 Å². The molecule has 1 N–H and O–H groups in total. The molecule has 2 rings (SSSR count). The van der Waals surface area contributed by atoms with E-state index in [4.69, 9.17) is 0 Å². The first-order valence-electron chi connectivity index (χ1n) is 5.21. The Morgan fingerprint density at radius 2 is 1.72 bits per heavy atom. The van der Waals surface area contributed by atoms with Crippen molar-refractivity contribution in [3.8, 4) is 0 Å². The largest absolute Gasteiger partial charge is 0.384 e. The van der Waals surface area contributed by atoms with Gasteiger partial charge in [-0.3, -0.25) is 24.2 Å². The Hall–Kier alpha value is -2.21. The molecule has 92 valence electrons. The molecule has 1 saturated carbocycles. The fourth-order valence-electron chi connectivity index (χ4n) is 1.89. The van der Waals surface area contributed by atoms with Crippen molar-refractivity contribution in [3.63, 3.8) is 0 Å². The van der Waals surface area contributed by atoms with E-state index >= 15 is 0 Å². The van der Waals surface area contributed by atoms with Crippen molar-refractivity contribution in [1.82, 2.24) is 4.98 Å². The SMILES string of the molecule is Cc1cc(C2C(=O)C(=O)C(=O)C(=O)C2O)ccn1. The number of nitrogens with zero attached hydrogens (tertiary/aromatic N) is 1. The Morgan fingerprint density at radius 3 is 2.33 bits per heavy atom. The molecule has 18 heavy (non-hydrogen) atoms. The number of rotatable bonds is 1. The lowest BCUT2D eigenvalue weighted by atomic mass is 9.79. The average Bonchev–Trinajstić information content (AvgIpc) is 2.34. The quantitative estimate of drug-likeness (QED) is 0.647. The molecule has 0 aliphatic heterocycles. The van der Waals surface area contributed by atoms with E-state index in [0.717, 1.165) is 0 Å². The Kier molecular flexibility index (Phi) is 2.88. The molecule has 0 saturated heterocycles. The van der Waals surface area contributed by atoms with Crippen LogP contribution in [0, 0.1) is 6.92 Å². The van der Waals surface area contributed by atoms with Crippen LogP contribution in [0.2, 0.25) is 0 Å². The van der Waals surface area contributed by atoms with Crippen molar-refractivity contribution in [3.05, 3.63) is 29.6 Å². The molecule has 1 aromatic heterocycles. The monoisotopic (exact) mass is 247 g/mol. The number of ketones is 4. The number of Topliss-reactive ketones (excluding diaryl/α,β-unsaturated/α-hetero) is 4. The highest BCUT2D eigenvalue weighted by Crippen LogP contribution is 2.26. The predicted octanol–water partition coefficient (Wildman–Crippen LogP) is -0.875. The van der Waals surface area contributed by atoms with Crippen LogP contribution in [0.1, 0.15) is 17.2 Å². The third-order valence-corrected chi connectivity index (χ3v) is 2.80. The second-order valence-corrected chi connectivity index (χ2v) is 4.04. The first kappa shape index (κ1) is 12.3. The molecule has 2 unspecified atom stereocenters. The van der Waals surface area contributed by atoms with E-state index in [1.165, 1.54) is 18.3 Å². The number of pyridine rings is 1. The van der Waals surface area contributed by atoms with Crippen LogP contribution >= 0.6 is 0 Å². The van der Waals surface area contributed by atoms with E-state index in [9.17, 15) is 24.3 Å². The number of hydrogen-bond donors (Lipinski definition) is 1. The summed E-state index contributed by atoms with van der Waals surface area (Å²) < 4.78 is 0. The second-order valence-electron chi connectivity index (χ2n) is 4.04. The molecule has 1 fully saturated rings. The Bertz CT molecular complexity index is 578. The maximum Gasteiger partial charge on any atom is 0.274 e. The van der Waals surface area contributed by atoms with E-state index in [0.29, 0.717) is 11.3 Å². The minimum absolute atomic E-state index is 0.300. The first-order valence-corrected chi connectivity index (χ1v) is 5.21. The molecule has 2 atom stereocenters. The van der Waals surface area contributed by atoms with Gasteiger partial charge in [0.1, 0.15) is 6.10 Å². The van der Waals surface area contributed by atoms with Gasteiger partial charge in [-0.1, -0.05) is 0 Å². The summed E-state index contributed by atoms with van der Waals surface area (Å²) in [5.74, 6) is -6.43. The molecular formula is C12H9NO5. The number of aromatic nitrogens is 1. The average molecular weight is 247 g/mol. The van der Waals surface area contributed by atoms with E-state index in [-0.39, 0.29) is 0 Å². The Morgan fingerprint density at radius 1 is 1.11 bits per heavy atom. The zero-order valence-corrected chi connectivity index (χ0v) is 9.41. The van der Waals surface area contributed by atoms with Gasteiger partial charge in [0.05, 0.1) is 5.92 Å². The van der Waals surface area contributed by atoms with Crippen LogP contribution in [-0.2, 0) is 19.2 Å². The van der Waals surface area contributed by atoms with Gasteiger partial charge in [0.2, 0.25) is 11.6 Å². The summed E-state index contributed by atoms with van der Waals surface area (Å²) in [5.41, 5.74) is 0.874. The van der Waals surface area contributed by atoms with Gasteiger partial charge < -0.3 is 5.11 Å². The number of hydrogen-bond acceptors (Lipinski definition) is 6. The van der Waals surface area contributed by atoms with Crippen molar-refractivity contribution in [1.29, 1.82) is 0 Å². The van der Waals surface area contributed by atoms with Crippen molar-refractivity contribution >= 4 is 23.1 Å². The minimum atomic E-state index is -1.80. The molecule has 1 aliphatic carbocycles. The molecule has 0 amide bonds. The normalized spacial score (nSPS) is 24.6. The van der Waals surface area contributed by atoms with Gasteiger partial charge >= 0.3 is 0 Å². The summed E-state index contributed by atoms with van der Waals surface area (Å²) in [6, 6.07) is 2.91. The molecule has 0 bridgehead atoms. The van der Waals surface area contributed by atoms with Crippen LogP contribution in [0.4, 0.5) is 0 Å². The van der Waals surface area contributed by atoms with Gasteiger partial charge in [-0.2, -0.15) is 0 Å². The number of carbonyl (C=O) groups is 4. The number of aryl methyl sites for hydroxylation is 1. The van der Waals surface area contributed by atoms with Gasteiger partial charge in [0.25, 0.3) is 11.6 Å². The lowest BCUT2D eigenvalue weighted by molar-refractivity contribution is -0.156. The Labute approximate surface area is 102 Å². The minimum Gasteiger partial charge on any atom is -0.384 e. The highest BCUT2D eigenvalue weighted by molar-refractivity contribution is 6.81. The van der Waals surface area contributed by atoms with E-state index in [1.54, 1.807) is 6.92 Å². The lowest BCUT2D eigenvalue weighted by Crippen LogP contribution is -2.50. The maximum atomic E-state index is 11.7. The van der Waals surface area contributed by atoms with E-state index in [1.807, 2.05) is 0 Å². The van der Waals surface area contributed by atoms with Crippen molar-refractivity contribution in [2.75, 3.05) is 0 Å². The highest BCUT2D eigenvalue weighted by Gasteiger charge is 2.48. The van der Waals surface area contributed by atoms with Crippen molar-refractivity contribution in [2.45, 2.75) is 18.9 Å². The fourth-order valence-corrected chi connectivity index (χ4v) is 1.89. The fraction of sp³-hybridized carbons (Fsp3) is 0.250. The Balaban J connectivity index is 2.49. The molecular weight excluding hydrogens is 238 g/mol. The van der Waals surface area contributed by atoms with Gasteiger partial charge in [-0.25, -0.2) is 0 Å². The third-order valence-electron chi connectivity index (χ3n) is 2.80. The summed E-state index contributed by atoms with van der Waals surface area (Å²) in [6.07, 6.45) is -0.403. The number of carbonyl (C=O) groups excluding carboxylic acids is 4. The van der Waals surface area contributed by atoms with E-state index in [2.05, 4.69) is 4.98 Å². The zero-order valence-electron chi connectivity index (χ0n) is 9.41. The van der Waals surface area contributed by atoms with Crippen LogP contribution < -0.4 is 0 Å². The van der Waals surface area contributed by atoms with Gasteiger partial charge in [-0.05, 0) is 24.6 Å². The topological polar surface area (TPSA) is 101 Å². The van der Waals surface area contributed by atoms with Gasteiger partial charge in [0.15, 0.2) is 0 Å². The van der Waals surface area contributed by atoms with Gasteiger partial charge in [0, 0.05) is 11.9 Å². The van der Waals surface area contributed by atoms with Crippen LogP contribution in [0.5, 0.6) is 0 Å². The first-order chi connectivity index (χ1) is 8.43. The molecule has 6 heteroatoms. The highest BCUT2D eigenvalue weighted by atomic mass is 16.3. The van der Waals surface area contributed by atoms with E-state index < -0.39 is 35.2 Å². The van der Waals surface area contributed by atoms with Crippen LogP contribution in [-0.4, -0.2) is 39.3 Å². The summed E-state index contributed by atoms with van der Waals surface area (Å²) in [7, 11) is 0. The summed E-state index contributed by atoms with van der Waals surface area (Å²) >= 11 is 0. The second kappa shape index (κ2) is 4.23.